The SMILES string of the molecule is CCN(CC)CCNCc1cccn1-c1cccc(C)n1. The number of nitrogens with zero attached hydrogens (tertiary/aromatic N) is 3. The summed E-state index contributed by atoms with van der Waals surface area (Å²) in [4.78, 5) is 7.01. The fourth-order valence-electron chi connectivity index (χ4n) is 2.44. The number of hydrogen-bond acceptors (Lipinski definition) is 3. The van der Waals surface area contributed by atoms with Gasteiger partial charge in [-0.2, -0.15) is 0 Å². The first-order valence-corrected chi connectivity index (χ1v) is 7.78. The first-order valence-electron chi connectivity index (χ1n) is 7.78. The topological polar surface area (TPSA) is 33.1 Å². The van der Waals surface area contributed by atoms with Crippen molar-refractivity contribution >= 4 is 0 Å². The zero-order chi connectivity index (χ0) is 15.1. The molecule has 114 valence electrons. The lowest BCUT2D eigenvalue weighted by Crippen LogP contribution is -2.31. The summed E-state index contributed by atoms with van der Waals surface area (Å²) in [5, 5.41) is 3.52. The molecule has 0 aromatic carbocycles. The van der Waals surface area contributed by atoms with Gasteiger partial charge < -0.3 is 14.8 Å². The van der Waals surface area contributed by atoms with Crippen molar-refractivity contribution in [2.24, 2.45) is 0 Å². The van der Waals surface area contributed by atoms with Crippen LogP contribution in [-0.2, 0) is 6.54 Å². The van der Waals surface area contributed by atoms with Crippen LogP contribution in [0.15, 0.2) is 36.5 Å². The maximum atomic E-state index is 4.59. The van der Waals surface area contributed by atoms with Gasteiger partial charge in [-0.1, -0.05) is 19.9 Å². The third-order valence-corrected chi connectivity index (χ3v) is 3.76. The van der Waals surface area contributed by atoms with Crippen molar-refractivity contribution in [3.63, 3.8) is 0 Å². The van der Waals surface area contributed by atoms with Gasteiger partial charge in [0.15, 0.2) is 0 Å². The molecule has 0 atom stereocenters. The van der Waals surface area contributed by atoms with Gasteiger partial charge in [-0.05, 0) is 44.3 Å². The molecule has 0 saturated heterocycles. The number of nitrogens with one attached hydrogen (secondary N) is 1. The van der Waals surface area contributed by atoms with Gasteiger partial charge in [0, 0.05) is 37.2 Å². The molecule has 0 aliphatic rings. The largest absolute Gasteiger partial charge is 0.310 e. The molecule has 0 unspecified atom stereocenters. The Bertz CT molecular complexity index is 543. The van der Waals surface area contributed by atoms with E-state index in [1.807, 2.05) is 19.1 Å². The molecule has 4 heteroatoms. The molecule has 4 nitrogen and oxygen atoms in total. The molecule has 2 aromatic heterocycles. The van der Waals surface area contributed by atoms with Gasteiger partial charge in [0.05, 0.1) is 0 Å². The molecule has 0 aliphatic heterocycles. The minimum absolute atomic E-state index is 0.865. The molecule has 2 aromatic rings. The number of likely N-dealkylation sites (N-methyl/N-ethyl adjacent to an activating group) is 1. The van der Waals surface area contributed by atoms with Crippen molar-refractivity contribution in [3.05, 3.63) is 47.9 Å². The van der Waals surface area contributed by atoms with Crippen LogP contribution in [0, 0.1) is 6.92 Å². The fraction of sp³-hybridized carbons (Fsp3) is 0.471. The molecule has 0 spiro atoms. The van der Waals surface area contributed by atoms with Gasteiger partial charge in [0.25, 0.3) is 0 Å². The minimum atomic E-state index is 0.865. The summed E-state index contributed by atoms with van der Waals surface area (Å²) in [6.45, 7) is 11.6. The minimum Gasteiger partial charge on any atom is -0.310 e. The molecule has 0 amide bonds. The van der Waals surface area contributed by atoms with E-state index in [2.05, 4.69) is 58.0 Å². The van der Waals surface area contributed by atoms with Crippen molar-refractivity contribution in [1.82, 2.24) is 19.8 Å². The van der Waals surface area contributed by atoms with E-state index < -0.39 is 0 Å². The number of rotatable bonds is 8. The summed E-state index contributed by atoms with van der Waals surface area (Å²) in [7, 11) is 0. The molecule has 1 N–H and O–H groups in total. The van der Waals surface area contributed by atoms with Crippen LogP contribution in [0.2, 0.25) is 0 Å². The van der Waals surface area contributed by atoms with Gasteiger partial charge in [-0.15, -0.1) is 0 Å². The van der Waals surface area contributed by atoms with Crippen LogP contribution in [0.3, 0.4) is 0 Å². The Morgan fingerprint density at radius 1 is 1.14 bits per heavy atom. The van der Waals surface area contributed by atoms with Crippen LogP contribution in [-0.4, -0.2) is 40.6 Å². The maximum Gasteiger partial charge on any atom is 0.137 e. The zero-order valence-electron chi connectivity index (χ0n) is 13.3. The van der Waals surface area contributed by atoms with Crippen molar-refractivity contribution in [3.8, 4) is 5.82 Å². The van der Waals surface area contributed by atoms with Gasteiger partial charge in [-0.3, -0.25) is 0 Å². The van der Waals surface area contributed by atoms with Crippen molar-refractivity contribution < 1.29 is 0 Å². The Kier molecular flexibility index (Phi) is 5.96. The quantitative estimate of drug-likeness (QED) is 0.757. The number of aromatic nitrogens is 2. The van der Waals surface area contributed by atoms with E-state index >= 15 is 0 Å². The first kappa shape index (κ1) is 15.7. The Labute approximate surface area is 127 Å². The van der Waals surface area contributed by atoms with Crippen LogP contribution >= 0.6 is 0 Å². The molecule has 0 saturated carbocycles. The normalized spacial score (nSPS) is 11.2. The average Bonchev–Trinajstić information content (AvgIpc) is 2.96. The number of aryl methyl sites for hydroxylation is 1. The highest BCUT2D eigenvalue weighted by molar-refractivity contribution is 5.29. The summed E-state index contributed by atoms with van der Waals surface area (Å²) < 4.78 is 2.15. The highest BCUT2D eigenvalue weighted by atomic mass is 15.1. The molecule has 21 heavy (non-hydrogen) atoms. The molecule has 2 heterocycles. The predicted molar refractivity (Wildman–Crippen MR) is 87.8 cm³/mol. The highest BCUT2D eigenvalue weighted by Gasteiger charge is 2.04. The monoisotopic (exact) mass is 286 g/mol. The second kappa shape index (κ2) is 7.96. The molecule has 0 aliphatic carbocycles. The summed E-state index contributed by atoms with van der Waals surface area (Å²) in [6.07, 6.45) is 2.07. The van der Waals surface area contributed by atoms with Crippen molar-refractivity contribution in [2.45, 2.75) is 27.3 Å². The Morgan fingerprint density at radius 2 is 1.95 bits per heavy atom. The van der Waals surface area contributed by atoms with Crippen LogP contribution in [0.4, 0.5) is 0 Å². The second-order valence-corrected chi connectivity index (χ2v) is 5.21. The smallest absolute Gasteiger partial charge is 0.137 e. The summed E-state index contributed by atoms with van der Waals surface area (Å²) in [5.41, 5.74) is 2.29. The lowest BCUT2D eigenvalue weighted by molar-refractivity contribution is 0.302. The van der Waals surface area contributed by atoms with Gasteiger partial charge in [0.1, 0.15) is 5.82 Å². The summed E-state index contributed by atoms with van der Waals surface area (Å²) in [6, 6.07) is 10.3. The van der Waals surface area contributed by atoms with Crippen LogP contribution in [0.25, 0.3) is 5.82 Å². The van der Waals surface area contributed by atoms with Crippen molar-refractivity contribution in [2.75, 3.05) is 26.2 Å². The third-order valence-electron chi connectivity index (χ3n) is 3.76. The standard InChI is InChI=1S/C17H26N4/c1-4-20(5-2)13-11-18-14-16-9-7-12-21(16)17-10-6-8-15(3)19-17/h6-10,12,18H,4-5,11,13-14H2,1-3H3. The Morgan fingerprint density at radius 3 is 2.67 bits per heavy atom. The maximum absolute atomic E-state index is 4.59. The Balaban J connectivity index is 1.92. The van der Waals surface area contributed by atoms with Crippen molar-refractivity contribution in [1.29, 1.82) is 0 Å². The van der Waals surface area contributed by atoms with Crippen LogP contribution in [0.5, 0.6) is 0 Å². The van der Waals surface area contributed by atoms with Gasteiger partial charge in [0.2, 0.25) is 0 Å². The van der Waals surface area contributed by atoms with E-state index in [1.165, 1.54) is 5.69 Å². The second-order valence-electron chi connectivity index (χ2n) is 5.21. The van der Waals surface area contributed by atoms with E-state index in [4.69, 9.17) is 0 Å². The molecule has 0 fully saturated rings. The zero-order valence-corrected chi connectivity index (χ0v) is 13.3. The van der Waals surface area contributed by atoms with Crippen LogP contribution in [0.1, 0.15) is 25.2 Å². The van der Waals surface area contributed by atoms with Gasteiger partial charge >= 0.3 is 0 Å². The first-order chi connectivity index (χ1) is 10.2. The number of pyridine rings is 1. The van der Waals surface area contributed by atoms with E-state index in [0.29, 0.717) is 0 Å². The number of hydrogen-bond donors (Lipinski definition) is 1. The predicted octanol–water partition coefficient (Wildman–Crippen LogP) is 2.61. The van der Waals surface area contributed by atoms with E-state index in [1.54, 1.807) is 0 Å². The third kappa shape index (κ3) is 4.41. The van der Waals surface area contributed by atoms with Gasteiger partial charge in [-0.25, -0.2) is 4.98 Å². The summed E-state index contributed by atoms with van der Waals surface area (Å²) >= 11 is 0. The fourth-order valence-corrected chi connectivity index (χ4v) is 2.44. The lowest BCUT2D eigenvalue weighted by atomic mass is 10.3. The molecular weight excluding hydrogens is 260 g/mol. The average molecular weight is 286 g/mol. The molecule has 0 bridgehead atoms. The Hall–Kier alpha value is -1.65. The molecule has 2 rings (SSSR count). The molecule has 0 radical (unpaired) electrons. The van der Waals surface area contributed by atoms with Crippen LogP contribution < -0.4 is 5.32 Å². The lowest BCUT2D eigenvalue weighted by Gasteiger charge is -2.18. The van der Waals surface area contributed by atoms with E-state index in [9.17, 15) is 0 Å². The van der Waals surface area contributed by atoms with E-state index in [0.717, 1.165) is 44.2 Å². The summed E-state index contributed by atoms with van der Waals surface area (Å²) in [5.74, 6) is 0.987. The molecular formula is C17H26N4. The van der Waals surface area contributed by atoms with E-state index in [-0.39, 0.29) is 0 Å². The highest BCUT2D eigenvalue weighted by Crippen LogP contribution is 2.10.